The number of halogens is 4. The van der Waals surface area contributed by atoms with Crippen LogP contribution in [0.5, 0.6) is 0 Å². The highest BCUT2D eigenvalue weighted by Crippen LogP contribution is 2.35. The van der Waals surface area contributed by atoms with Gasteiger partial charge in [-0.05, 0) is 30.4 Å². The SMILES string of the molecule is FC(F)(F)c1cc(Cl)cnc1NN=C1CCSCC1. The van der Waals surface area contributed by atoms with Crippen molar-refractivity contribution in [3.05, 3.63) is 22.8 Å². The van der Waals surface area contributed by atoms with E-state index in [1.807, 2.05) is 11.8 Å². The summed E-state index contributed by atoms with van der Waals surface area (Å²) in [7, 11) is 0. The predicted molar refractivity (Wildman–Crippen MR) is 71.9 cm³/mol. The predicted octanol–water partition coefficient (Wildman–Crippen LogP) is 4.05. The molecule has 0 spiro atoms. The third kappa shape index (κ3) is 4.01. The molecule has 1 N–H and O–H groups in total. The Bertz CT molecular complexity index is 483. The van der Waals surface area contributed by atoms with E-state index in [0.717, 1.165) is 42.3 Å². The van der Waals surface area contributed by atoms with E-state index in [9.17, 15) is 13.2 Å². The van der Waals surface area contributed by atoms with Crippen molar-refractivity contribution in [3.8, 4) is 0 Å². The first-order chi connectivity index (χ1) is 8.97. The summed E-state index contributed by atoms with van der Waals surface area (Å²) in [6, 6.07) is 0.841. The number of hydrogen-bond donors (Lipinski definition) is 1. The van der Waals surface area contributed by atoms with Crippen LogP contribution in [0.3, 0.4) is 0 Å². The van der Waals surface area contributed by atoms with Gasteiger partial charge in [-0.2, -0.15) is 30.0 Å². The Balaban J connectivity index is 2.20. The van der Waals surface area contributed by atoms with Gasteiger partial charge in [0, 0.05) is 11.9 Å². The fourth-order valence-corrected chi connectivity index (χ4v) is 2.72. The summed E-state index contributed by atoms with van der Waals surface area (Å²) in [4.78, 5) is 3.65. The monoisotopic (exact) mass is 309 g/mol. The average molecular weight is 310 g/mol. The summed E-state index contributed by atoms with van der Waals surface area (Å²) < 4.78 is 38.4. The lowest BCUT2D eigenvalue weighted by atomic mass is 10.2. The van der Waals surface area contributed by atoms with Crippen molar-refractivity contribution < 1.29 is 13.2 Å². The van der Waals surface area contributed by atoms with Gasteiger partial charge < -0.3 is 0 Å². The van der Waals surface area contributed by atoms with Crippen LogP contribution in [-0.4, -0.2) is 22.2 Å². The first kappa shape index (κ1) is 14.5. The molecule has 19 heavy (non-hydrogen) atoms. The molecule has 1 aromatic rings. The molecule has 0 atom stereocenters. The van der Waals surface area contributed by atoms with Gasteiger partial charge in [0.25, 0.3) is 0 Å². The van der Waals surface area contributed by atoms with Gasteiger partial charge in [-0.1, -0.05) is 11.6 Å². The smallest absolute Gasteiger partial charge is 0.261 e. The Kier molecular flexibility index (Phi) is 4.57. The number of pyridine rings is 1. The molecule has 2 heterocycles. The minimum Gasteiger partial charge on any atom is -0.261 e. The Hall–Kier alpha value is -0.950. The molecule has 0 radical (unpaired) electrons. The molecule has 0 amide bonds. The van der Waals surface area contributed by atoms with Gasteiger partial charge in [0.05, 0.1) is 5.02 Å². The first-order valence-corrected chi connectivity index (χ1v) is 7.12. The average Bonchev–Trinajstić information content (AvgIpc) is 2.37. The maximum Gasteiger partial charge on any atom is 0.420 e. The minimum absolute atomic E-state index is 0.0559. The van der Waals surface area contributed by atoms with E-state index >= 15 is 0 Å². The van der Waals surface area contributed by atoms with Crippen LogP contribution in [-0.2, 0) is 6.18 Å². The largest absolute Gasteiger partial charge is 0.420 e. The van der Waals surface area contributed by atoms with E-state index in [1.54, 1.807) is 0 Å². The van der Waals surface area contributed by atoms with E-state index in [0.29, 0.717) is 0 Å². The maximum atomic E-state index is 12.8. The van der Waals surface area contributed by atoms with Gasteiger partial charge in [0.15, 0.2) is 5.82 Å². The van der Waals surface area contributed by atoms with E-state index in [1.165, 1.54) is 0 Å². The van der Waals surface area contributed by atoms with Crippen LogP contribution < -0.4 is 5.43 Å². The third-order valence-electron chi connectivity index (χ3n) is 2.55. The molecule has 0 unspecified atom stereocenters. The second-order valence-corrected chi connectivity index (χ2v) is 5.61. The molecule has 1 fully saturated rings. The normalized spacial score (nSPS) is 16.3. The summed E-state index contributed by atoms with van der Waals surface area (Å²) in [5, 5.41) is 3.95. The van der Waals surface area contributed by atoms with Crippen molar-refractivity contribution in [3.63, 3.8) is 0 Å². The molecule has 1 aromatic heterocycles. The van der Waals surface area contributed by atoms with Gasteiger partial charge in [0.2, 0.25) is 0 Å². The van der Waals surface area contributed by atoms with Crippen molar-refractivity contribution in [2.75, 3.05) is 16.9 Å². The molecule has 3 nitrogen and oxygen atoms in total. The standard InChI is InChI=1S/C11H11ClF3N3S/c12-7-5-9(11(13,14)15)10(16-6-7)18-17-8-1-3-19-4-2-8/h5-6H,1-4H2,(H,16,18). The number of nitrogens with one attached hydrogen (secondary N) is 1. The summed E-state index contributed by atoms with van der Waals surface area (Å²) in [5.74, 6) is 1.57. The highest BCUT2D eigenvalue weighted by Gasteiger charge is 2.34. The molecule has 0 aromatic carbocycles. The Morgan fingerprint density at radius 2 is 2.00 bits per heavy atom. The van der Waals surface area contributed by atoms with Gasteiger partial charge >= 0.3 is 6.18 Å². The van der Waals surface area contributed by atoms with E-state index in [2.05, 4.69) is 15.5 Å². The van der Waals surface area contributed by atoms with Crippen LogP contribution in [0.2, 0.25) is 5.02 Å². The number of hydrogen-bond acceptors (Lipinski definition) is 4. The number of hydrazone groups is 1. The lowest BCUT2D eigenvalue weighted by molar-refractivity contribution is -0.137. The van der Waals surface area contributed by atoms with Crippen LogP contribution in [0.1, 0.15) is 18.4 Å². The molecule has 1 aliphatic heterocycles. The number of aromatic nitrogens is 1. The zero-order chi connectivity index (χ0) is 13.9. The zero-order valence-electron chi connectivity index (χ0n) is 9.80. The van der Waals surface area contributed by atoms with Gasteiger partial charge in [-0.25, -0.2) is 4.98 Å². The van der Waals surface area contributed by atoms with Crippen molar-refractivity contribution in [1.82, 2.24) is 4.98 Å². The van der Waals surface area contributed by atoms with Gasteiger partial charge in [-0.3, -0.25) is 5.43 Å². The maximum absolute atomic E-state index is 12.8. The minimum atomic E-state index is -4.51. The molecular formula is C11H11ClF3N3S. The molecule has 8 heteroatoms. The number of alkyl halides is 3. The van der Waals surface area contributed by atoms with Gasteiger partial charge in [0.1, 0.15) is 5.56 Å². The van der Waals surface area contributed by atoms with Gasteiger partial charge in [-0.15, -0.1) is 0 Å². The topological polar surface area (TPSA) is 37.3 Å². The molecule has 0 aliphatic carbocycles. The number of rotatable bonds is 2. The number of thioether (sulfide) groups is 1. The highest BCUT2D eigenvalue weighted by molar-refractivity contribution is 7.99. The quantitative estimate of drug-likeness (QED) is 0.837. The second-order valence-electron chi connectivity index (χ2n) is 3.95. The van der Waals surface area contributed by atoms with Crippen LogP contribution in [0.25, 0.3) is 0 Å². The number of anilines is 1. The molecule has 0 saturated carbocycles. The van der Waals surface area contributed by atoms with E-state index in [4.69, 9.17) is 11.6 Å². The fourth-order valence-electron chi connectivity index (χ4n) is 1.60. The Morgan fingerprint density at radius 3 is 2.63 bits per heavy atom. The van der Waals surface area contributed by atoms with Crippen molar-refractivity contribution >= 4 is 34.9 Å². The molecule has 1 aliphatic rings. The van der Waals surface area contributed by atoms with Crippen molar-refractivity contribution in [1.29, 1.82) is 0 Å². The molecule has 0 bridgehead atoms. The second kappa shape index (κ2) is 6.00. The number of nitrogens with zero attached hydrogens (tertiary/aromatic N) is 2. The summed E-state index contributed by atoms with van der Waals surface area (Å²) in [6.45, 7) is 0. The van der Waals surface area contributed by atoms with E-state index in [-0.39, 0.29) is 10.8 Å². The Morgan fingerprint density at radius 1 is 1.32 bits per heavy atom. The van der Waals surface area contributed by atoms with Crippen molar-refractivity contribution in [2.24, 2.45) is 5.10 Å². The first-order valence-electron chi connectivity index (χ1n) is 5.59. The molecule has 2 rings (SSSR count). The summed E-state index contributed by atoms with van der Waals surface area (Å²) in [6.07, 6.45) is -1.78. The Labute approximate surface area is 117 Å². The summed E-state index contributed by atoms with van der Waals surface area (Å²) >= 11 is 7.35. The third-order valence-corrected chi connectivity index (χ3v) is 3.74. The molecular weight excluding hydrogens is 299 g/mol. The van der Waals surface area contributed by atoms with Crippen LogP contribution >= 0.6 is 23.4 Å². The summed E-state index contributed by atoms with van der Waals surface area (Å²) in [5.41, 5.74) is 2.36. The van der Waals surface area contributed by atoms with E-state index < -0.39 is 11.7 Å². The van der Waals surface area contributed by atoms with Crippen LogP contribution in [0, 0.1) is 0 Å². The van der Waals surface area contributed by atoms with Crippen LogP contribution in [0.15, 0.2) is 17.4 Å². The molecule has 104 valence electrons. The zero-order valence-corrected chi connectivity index (χ0v) is 11.4. The lowest BCUT2D eigenvalue weighted by Crippen LogP contribution is -2.13. The lowest BCUT2D eigenvalue weighted by Gasteiger charge is -2.14. The molecule has 1 saturated heterocycles. The van der Waals surface area contributed by atoms with Crippen LogP contribution in [0.4, 0.5) is 19.0 Å². The van der Waals surface area contributed by atoms with Crippen molar-refractivity contribution in [2.45, 2.75) is 19.0 Å². The highest BCUT2D eigenvalue weighted by atomic mass is 35.5. The fraction of sp³-hybridized carbons (Fsp3) is 0.455.